The first kappa shape index (κ1) is 14.0. The van der Waals surface area contributed by atoms with E-state index in [1.165, 1.54) is 0 Å². The topological polar surface area (TPSA) is 71.5 Å². The number of hydrogen-bond donors (Lipinski definition) is 2. The standard InChI is InChI=1S/C15H16N2O3/c18-10-13-5-3-12(4-6-13)9-17-15(19)20-11-14-2-1-7-16-8-14/h1-8,18H,9-11H2,(H,17,19). The number of aliphatic hydroxyl groups is 1. The Balaban J connectivity index is 1.74. The first-order valence-electron chi connectivity index (χ1n) is 6.26. The molecular weight excluding hydrogens is 256 g/mol. The summed E-state index contributed by atoms with van der Waals surface area (Å²) in [6, 6.07) is 11.0. The smallest absolute Gasteiger partial charge is 0.407 e. The van der Waals surface area contributed by atoms with E-state index in [1.54, 1.807) is 18.5 Å². The molecule has 104 valence electrons. The van der Waals surface area contributed by atoms with E-state index in [4.69, 9.17) is 9.84 Å². The van der Waals surface area contributed by atoms with Crippen molar-refractivity contribution in [1.82, 2.24) is 10.3 Å². The monoisotopic (exact) mass is 272 g/mol. The molecule has 0 atom stereocenters. The Morgan fingerprint density at radius 1 is 1.15 bits per heavy atom. The number of benzene rings is 1. The van der Waals surface area contributed by atoms with E-state index in [1.807, 2.05) is 30.3 Å². The molecule has 1 heterocycles. The van der Waals surface area contributed by atoms with Crippen LogP contribution >= 0.6 is 0 Å². The lowest BCUT2D eigenvalue weighted by Crippen LogP contribution is -2.23. The van der Waals surface area contributed by atoms with Crippen molar-refractivity contribution in [1.29, 1.82) is 0 Å². The molecule has 5 nitrogen and oxygen atoms in total. The second-order valence-electron chi connectivity index (χ2n) is 4.27. The molecule has 5 heteroatoms. The number of pyridine rings is 1. The minimum absolute atomic E-state index is 0.0147. The molecule has 0 unspecified atom stereocenters. The molecule has 1 amide bonds. The molecular formula is C15H16N2O3. The van der Waals surface area contributed by atoms with Crippen LogP contribution in [0.5, 0.6) is 0 Å². The number of hydrogen-bond acceptors (Lipinski definition) is 4. The minimum Gasteiger partial charge on any atom is -0.445 e. The van der Waals surface area contributed by atoms with E-state index in [0.29, 0.717) is 6.54 Å². The fourth-order valence-corrected chi connectivity index (χ4v) is 1.62. The molecule has 0 aliphatic carbocycles. The number of amides is 1. The Morgan fingerprint density at radius 3 is 2.55 bits per heavy atom. The van der Waals surface area contributed by atoms with Crippen LogP contribution in [0.1, 0.15) is 16.7 Å². The zero-order chi connectivity index (χ0) is 14.2. The highest BCUT2D eigenvalue weighted by Gasteiger charge is 2.02. The molecule has 1 aromatic carbocycles. The van der Waals surface area contributed by atoms with Crippen LogP contribution in [0.15, 0.2) is 48.8 Å². The second kappa shape index (κ2) is 7.25. The van der Waals surface area contributed by atoms with Crippen LogP contribution in [-0.4, -0.2) is 16.2 Å². The third-order valence-electron chi connectivity index (χ3n) is 2.74. The van der Waals surface area contributed by atoms with Gasteiger partial charge in [-0.15, -0.1) is 0 Å². The van der Waals surface area contributed by atoms with Gasteiger partial charge in [-0.25, -0.2) is 4.79 Å². The van der Waals surface area contributed by atoms with Crippen LogP contribution < -0.4 is 5.32 Å². The van der Waals surface area contributed by atoms with Gasteiger partial charge in [0.2, 0.25) is 0 Å². The van der Waals surface area contributed by atoms with Crippen LogP contribution in [-0.2, 0) is 24.5 Å². The maximum absolute atomic E-state index is 11.5. The van der Waals surface area contributed by atoms with E-state index < -0.39 is 6.09 Å². The minimum atomic E-state index is -0.472. The molecule has 0 radical (unpaired) electrons. The number of aliphatic hydroxyl groups excluding tert-OH is 1. The normalized spacial score (nSPS) is 10.1. The average Bonchev–Trinajstić information content (AvgIpc) is 2.52. The van der Waals surface area contributed by atoms with E-state index in [2.05, 4.69) is 10.3 Å². The van der Waals surface area contributed by atoms with Gasteiger partial charge in [-0.05, 0) is 17.2 Å². The number of carbonyl (C=O) groups is 1. The highest BCUT2D eigenvalue weighted by atomic mass is 16.5. The van der Waals surface area contributed by atoms with Crippen molar-refractivity contribution >= 4 is 6.09 Å². The van der Waals surface area contributed by atoms with Crippen molar-refractivity contribution in [2.24, 2.45) is 0 Å². The van der Waals surface area contributed by atoms with Gasteiger partial charge in [0.15, 0.2) is 0 Å². The first-order chi connectivity index (χ1) is 9.78. The van der Waals surface area contributed by atoms with Crippen molar-refractivity contribution in [2.75, 3.05) is 0 Å². The Labute approximate surface area is 117 Å². The molecule has 0 fully saturated rings. The van der Waals surface area contributed by atoms with Gasteiger partial charge in [-0.3, -0.25) is 4.98 Å². The van der Waals surface area contributed by atoms with E-state index >= 15 is 0 Å². The highest BCUT2D eigenvalue weighted by Crippen LogP contribution is 2.04. The predicted molar refractivity (Wildman–Crippen MR) is 73.6 cm³/mol. The fourth-order valence-electron chi connectivity index (χ4n) is 1.62. The number of rotatable bonds is 5. The lowest BCUT2D eigenvalue weighted by Gasteiger charge is -2.07. The molecule has 20 heavy (non-hydrogen) atoms. The number of carbonyl (C=O) groups excluding carboxylic acids is 1. The summed E-state index contributed by atoms with van der Waals surface area (Å²) in [7, 11) is 0. The molecule has 0 saturated heterocycles. The van der Waals surface area contributed by atoms with Gasteiger partial charge in [0.25, 0.3) is 0 Å². The summed E-state index contributed by atoms with van der Waals surface area (Å²) < 4.78 is 5.06. The molecule has 2 rings (SSSR count). The van der Waals surface area contributed by atoms with Gasteiger partial charge < -0.3 is 15.2 Å². The summed E-state index contributed by atoms with van der Waals surface area (Å²) in [4.78, 5) is 15.5. The Hall–Kier alpha value is -2.40. The van der Waals surface area contributed by atoms with E-state index in [-0.39, 0.29) is 13.2 Å². The van der Waals surface area contributed by atoms with Crippen LogP contribution in [0.3, 0.4) is 0 Å². The summed E-state index contributed by atoms with van der Waals surface area (Å²) >= 11 is 0. The van der Waals surface area contributed by atoms with Crippen molar-refractivity contribution < 1.29 is 14.6 Å². The number of nitrogens with zero attached hydrogens (tertiary/aromatic N) is 1. The van der Waals surface area contributed by atoms with Crippen LogP contribution in [0.2, 0.25) is 0 Å². The zero-order valence-corrected chi connectivity index (χ0v) is 11.0. The Bertz CT molecular complexity index is 541. The van der Waals surface area contributed by atoms with Crippen LogP contribution in [0.4, 0.5) is 4.79 Å². The molecule has 0 aliphatic heterocycles. The predicted octanol–water partition coefficient (Wildman–Crippen LogP) is 2.00. The average molecular weight is 272 g/mol. The quantitative estimate of drug-likeness (QED) is 0.873. The van der Waals surface area contributed by atoms with Gasteiger partial charge >= 0.3 is 6.09 Å². The van der Waals surface area contributed by atoms with Crippen LogP contribution in [0.25, 0.3) is 0 Å². The van der Waals surface area contributed by atoms with Crippen molar-refractivity contribution in [2.45, 2.75) is 19.8 Å². The lowest BCUT2D eigenvalue weighted by atomic mass is 10.1. The lowest BCUT2D eigenvalue weighted by molar-refractivity contribution is 0.139. The van der Waals surface area contributed by atoms with Crippen LogP contribution in [0, 0.1) is 0 Å². The first-order valence-corrected chi connectivity index (χ1v) is 6.26. The van der Waals surface area contributed by atoms with Crippen molar-refractivity contribution in [3.05, 3.63) is 65.5 Å². The summed E-state index contributed by atoms with van der Waals surface area (Å²) in [5.41, 5.74) is 2.63. The number of ether oxygens (including phenoxy) is 1. The number of nitrogens with one attached hydrogen (secondary N) is 1. The maximum Gasteiger partial charge on any atom is 0.407 e. The largest absolute Gasteiger partial charge is 0.445 e. The van der Waals surface area contributed by atoms with Crippen molar-refractivity contribution in [3.63, 3.8) is 0 Å². The summed E-state index contributed by atoms with van der Waals surface area (Å²) in [5, 5.41) is 11.6. The van der Waals surface area contributed by atoms with E-state index in [0.717, 1.165) is 16.7 Å². The van der Waals surface area contributed by atoms with Crippen molar-refractivity contribution in [3.8, 4) is 0 Å². The van der Waals surface area contributed by atoms with Gasteiger partial charge in [0.1, 0.15) is 6.61 Å². The highest BCUT2D eigenvalue weighted by molar-refractivity contribution is 5.67. The summed E-state index contributed by atoms with van der Waals surface area (Å²) in [6.07, 6.45) is 2.85. The molecule has 2 aromatic rings. The van der Waals surface area contributed by atoms with Gasteiger partial charge in [-0.1, -0.05) is 30.3 Å². The summed E-state index contributed by atoms with van der Waals surface area (Å²) in [6.45, 7) is 0.599. The Kier molecular flexibility index (Phi) is 5.08. The molecule has 2 N–H and O–H groups in total. The second-order valence-corrected chi connectivity index (χ2v) is 4.27. The molecule has 1 aromatic heterocycles. The van der Waals surface area contributed by atoms with Gasteiger partial charge in [0.05, 0.1) is 6.61 Å². The number of alkyl carbamates (subject to hydrolysis) is 1. The maximum atomic E-state index is 11.5. The SMILES string of the molecule is O=C(NCc1ccc(CO)cc1)OCc1cccnc1. The Morgan fingerprint density at radius 2 is 1.90 bits per heavy atom. The third kappa shape index (κ3) is 4.37. The molecule has 0 bridgehead atoms. The summed E-state index contributed by atoms with van der Waals surface area (Å²) in [5.74, 6) is 0. The fraction of sp³-hybridized carbons (Fsp3) is 0.200. The molecule has 0 saturated carbocycles. The van der Waals surface area contributed by atoms with Gasteiger partial charge in [-0.2, -0.15) is 0 Å². The molecule has 0 aliphatic rings. The number of aromatic nitrogens is 1. The zero-order valence-electron chi connectivity index (χ0n) is 11.0. The van der Waals surface area contributed by atoms with E-state index in [9.17, 15) is 4.79 Å². The molecule has 0 spiro atoms. The van der Waals surface area contributed by atoms with Gasteiger partial charge in [0, 0.05) is 24.5 Å². The third-order valence-corrected chi connectivity index (χ3v) is 2.74.